The third-order valence-electron chi connectivity index (χ3n) is 4.01. The predicted molar refractivity (Wildman–Crippen MR) is 108 cm³/mol. The van der Waals surface area contributed by atoms with Crippen molar-refractivity contribution < 1.29 is 18.8 Å². The Labute approximate surface area is 172 Å². The molecule has 0 fully saturated rings. The number of nitrogens with zero attached hydrogens (tertiary/aromatic N) is 1. The lowest BCUT2D eigenvalue weighted by Gasteiger charge is -2.09. The molecule has 28 heavy (non-hydrogen) atoms. The number of aryl methyl sites for hydroxylation is 1. The Balaban J connectivity index is 1.66. The molecule has 0 saturated heterocycles. The Morgan fingerprint density at radius 1 is 1.11 bits per heavy atom. The van der Waals surface area contributed by atoms with E-state index in [0.29, 0.717) is 51.5 Å². The molecule has 1 heterocycles. The van der Waals surface area contributed by atoms with Crippen molar-refractivity contribution in [3.8, 4) is 22.8 Å². The summed E-state index contributed by atoms with van der Waals surface area (Å²) in [5, 5.41) is 7.54. The zero-order valence-electron chi connectivity index (χ0n) is 15.3. The molecule has 0 unspecified atom stereocenters. The SMILES string of the molecule is COc1ccc(OCCNC(=O)c2c(-c3c(Cl)cccc3Cl)noc2C)cc1. The topological polar surface area (TPSA) is 73.6 Å². The minimum atomic E-state index is -0.344. The van der Waals surface area contributed by atoms with Gasteiger partial charge in [-0.25, -0.2) is 0 Å². The number of nitrogens with one attached hydrogen (secondary N) is 1. The van der Waals surface area contributed by atoms with Gasteiger partial charge in [0.1, 0.15) is 35.1 Å². The average Bonchev–Trinajstić information content (AvgIpc) is 3.06. The molecular formula is C20H18Cl2N2O4. The Bertz CT molecular complexity index is 951. The van der Waals surface area contributed by atoms with E-state index in [1.807, 2.05) is 0 Å². The summed E-state index contributed by atoms with van der Waals surface area (Å²) in [4.78, 5) is 12.7. The molecule has 146 valence electrons. The number of rotatable bonds is 7. The van der Waals surface area contributed by atoms with E-state index in [1.165, 1.54) is 0 Å². The van der Waals surface area contributed by atoms with E-state index in [4.69, 9.17) is 37.2 Å². The summed E-state index contributed by atoms with van der Waals surface area (Å²) < 4.78 is 15.9. The summed E-state index contributed by atoms with van der Waals surface area (Å²) in [7, 11) is 1.60. The number of halogens is 2. The molecule has 0 bridgehead atoms. The lowest BCUT2D eigenvalue weighted by atomic mass is 10.1. The van der Waals surface area contributed by atoms with Gasteiger partial charge in [0, 0.05) is 5.56 Å². The normalized spacial score (nSPS) is 10.6. The fourth-order valence-corrected chi connectivity index (χ4v) is 3.20. The van der Waals surface area contributed by atoms with Gasteiger partial charge in [0.2, 0.25) is 0 Å². The van der Waals surface area contributed by atoms with Gasteiger partial charge in [-0.15, -0.1) is 0 Å². The number of benzene rings is 2. The molecule has 0 aliphatic heterocycles. The van der Waals surface area contributed by atoms with Crippen LogP contribution in [0.4, 0.5) is 0 Å². The van der Waals surface area contributed by atoms with Crippen LogP contribution in [0.15, 0.2) is 47.0 Å². The second-order valence-corrected chi connectivity index (χ2v) is 6.65. The van der Waals surface area contributed by atoms with Gasteiger partial charge in [0.05, 0.1) is 23.7 Å². The number of methoxy groups -OCH3 is 1. The van der Waals surface area contributed by atoms with E-state index in [0.717, 1.165) is 5.75 Å². The summed E-state index contributed by atoms with van der Waals surface area (Å²) in [5.41, 5.74) is 1.06. The minimum Gasteiger partial charge on any atom is -0.497 e. The first-order valence-electron chi connectivity index (χ1n) is 8.47. The van der Waals surface area contributed by atoms with Crippen LogP contribution in [-0.4, -0.2) is 31.3 Å². The first-order valence-corrected chi connectivity index (χ1v) is 9.22. The molecule has 0 aliphatic carbocycles. The van der Waals surface area contributed by atoms with Crippen molar-refractivity contribution >= 4 is 29.1 Å². The van der Waals surface area contributed by atoms with Crippen LogP contribution in [0.2, 0.25) is 10.0 Å². The van der Waals surface area contributed by atoms with E-state index in [-0.39, 0.29) is 5.91 Å². The van der Waals surface area contributed by atoms with E-state index in [2.05, 4.69) is 10.5 Å². The molecule has 0 spiro atoms. The Kier molecular flexibility index (Phi) is 6.44. The maximum Gasteiger partial charge on any atom is 0.257 e. The third kappa shape index (κ3) is 4.40. The smallest absolute Gasteiger partial charge is 0.257 e. The summed E-state index contributed by atoms with van der Waals surface area (Å²) in [6.45, 7) is 2.25. The number of carbonyl (C=O) groups excluding carboxylic acids is 1. The van der Waals surface area contributed by atoms with Crippen LogP contribution >= 0.6 is 23.2 Å². The molecule has 1 amide bonds. The molecule has 6 nitrogen and oxygen atoms in total. The summed E-state index contributed by atoms with van der Waals surface area (Å²) >= 11 is 12.5. The van der Waals surface area contributed by atoms with Crippen LogP contribution in [0, 0.1) is 6.92 Å². The molecule has 3 rings (SSSR count). The van der Waals surface area contributed by atoms with E-state index in [9.17, 15) is 4.79 Å². The van der Waals surface area contributed by atoms with Gasteiger partial charge in [-0.2, -0.15) is 0 Å². The van der Waals surface area contributed by atoms with Crippen molar-refractivity contribution in [2.75, 3.05) is 20.3 Å². The maximum absolute atomic E-state index is 12.7. The summed E-state index contributed by atoms with van der Waals surface area (Å²) in [6.07, 6.45) is 0. The van der Waals surface area contributed by atoms with Crippen molar-refractivity contribution in [1.82, 2.24) is 10.5 Å². The third-order valence-corrected chi connectivity index (χ3v) is 4.64. The minimum absolute atomic E-state index is 0.291. The zero-order chi connectivity index (χ0) is 20.1. The van der Waals surface area contributed by atoms with E-state index in [1.54, 1.807) is 56.5 Å². The highest BCUT2D eigenvalue weighted by atomic mass is 35.5. The standard InChI is InChI=1S/C20H18Cl2N2O4/c1-12-17(19(24-28-12)18-15(21)4-3-5-16(18)22)20(25)23-10-11-27-14-8-6-13(26-2)7-9-14/h3-9H,10-11H2,1-2H3,(H,23,25). The lowest BCUT2D eigenvalue weighted by Crippen LogP contribution is -2.28. The van der Waals surface area contributed by atoms with Gasteiger partial charge < -0.3 is 19.3 Å². The number of ether oxygens (including phenoxy) is 2. The van der Waals surface area contributed by atoms with Gasteiger partial charge in [0.25, 0.3) is 5.91 Å². The quantitative estimate of drug-likeness (QED) is 0.556. The van der Waals surface area contributed by atoms with Crippen LogP contribution in [-0.2, 0) is 0 Å². The molecule has 0 atom stereocenters. The largest absolute Gasteiger partial charge is 0.497 e. The monoisotopic (exact) mass is 420 g/mol. The molecule has 0 radical (unpaired) electrons. The summed E-state index contributed by atoms with van der Waals surface area (Å²) in [5.74, 6) is 1.46. The van der Waals surface area contributed by atoms with Gasteiger partial charge in [0.15, 0.2) is 0 Å². The van der Waals surface area contributed by atoms with Gasteiger partial charge in [-0.1, -0.05) is 34.4 Å². The molecule has 3 aromatic rings. The predicted octanol–water partition coefficient (Wildman–Crippen LogP) is 4.77. The van der Waals surface area contributed by atoms with Gasteiger partial charge in [-0.05, 0) is 43.3 Å². The second kappa shape index (κ2) is 8.99. The zero-order valence-corrected chi connectivity index (χ0v) is 16.8. The fourth-order valence-electron chi connectivity index (χ4n) is 2.63. The molecule has 1 N–H and O–H groups in total. The number of carbonyl (C=O) groups is 1. The summed E-state index contributed by atoms with van der Waals surface area (Å²) in [6, 6.07) is 12.3. The molecular weight excluding hydrogens is 403 g/mol. The second-order valence-electron chi connectivity index (χ2n) is 5.84. The molecule has 0 aliphatic rings. The van der Waals surface area contributed by atoms with Crippen molar-refractivity contribution in [2.24, 2.45) is 0 Å². The Morgan fingerprint density at radius 3 is 2.39 bits per heavy atom. The van der Waals surface area contributed by atoms with Crippen LogP contribution in [0.1, 0.15) is 16.1 Å². The average molecular weight is 421 g/mol. The lowest BCUT2D eigenvalue weighted by molar-refractivity contribution is 0.0946. The Morgan fingerprint density at radius 2 is 1.75 bits per heavy atom. The van der Waals surface area contributed by atoms with Crippen molar-refractivity contribution in [3.63, 3.8) is 0 Å². The van der Waals surface area contributed by atoms with E-state index >= 15 is 0 Å². The van der Waals surface area contributed by atoms with Crippen LogP contribution in [0.5, 0.6) is 11.5 Å². The first-order chi connectivity index (χ1) is 13.5. The van der Waals surface area contributed by atoms with Gasteiger partial charge in [-0.3, -0.25) is 4.79 Å². The molecule has 1 aromatic heterocycles. The number of hydrogen-bond acceptors (Lipinski definition) is 5. The van der Waals surface area contributed by atoms with Crippen LogP contribution in [0.25, 0.3) is 11.3 Å². The fraction of sp³-hybridized carbons (Fsp3) is 0.200. The van der Waals surface area contributed by atoms with Crippen molar-refractivity contribution in [2.45, 2.75) is 6.92 Å². The highest BCUT2D eigenvalue weighted by Gasteiger charge is 2.24. The van der Waals surface area contributed by atoms with E-state index < -0.39 is 0 Å². The Hall–Kier alpha value is -2.70. The highest BCUT2D eigenvalue weighted by Crippen LogP contribution is 2.36. The maximum atomic E-state index is 12.7. The molecule has 8 heteroatoms. The highest BCUT2D eigenvalue weighted by molar-refractivity contribution is 6.39. The first kappa shape index (κ1) is 20.0. The molecule has 0 saturated carbocycles. The number of aromatic nitrogens is 1. The van der Waals surface area contributed by atoms with Crippen LogP contribution < -0.4 is 14.8 Å². The number of amides is 1. The van der Waals surface area contributed by atoms with Crippen molar-refractivity contribution in [3.05, 3.63) is 63.8 Å². The molecule has 2 aromatic carbocycles. The number of hydrogen-bond donors (Lipinski definition) is 1. The van der Waals surface area contributed by atoms with Gasteiger partial charge >= 0.3 is 0 Å². The van der Waals surface area contributed by atoms with Crippen molar-refractivity contribution in [1.29, 1.82) is 0 Å². The van der Waals surface area contributed by atoms with Crippen LogP contribution in [0.3, 0.4) is 0 Å².